The highest BCUT2D eigenvalue weighted by molar-refractivity contribution is 7.89. The van der Waals surface area contributed by atoms with Crippen LogP contribution in [-0.2, 0) is 10.0 Å². The van der Waals surface area contributed by atoms with Crippen molar-refractivity contribution in [3.05, 3.63) is 0 Å². The van der Waals surface area contributed by atoms with Crippen LogP contribution in [0.15, 0.2) is 0 Å². The molecule has 112 valence electrons. The molecule has 19 heavy (non-hydrogen) atoms. The van der Waals surface area contributed by atoms with Gasteiger partial charge in [0.1, 0.15) is 0 Å². The topological polar surface area (TPSA) is 49.4 Å². The van der Waals surface area contributed by atoms with Gasteiger partial charge in [-0.25, -0.2) is 8.42 Å². The van der Waals surface area contributed by atoms with Gasteiger partial charge in [-0.2, -0.15) is 4.31 Å². The number of nitrogens with one attached hydrogen (secondary N) is 1. The molecule has 1 unspecified atom stereocenters. The molecular formula is C14H28N2O2S. The van der Waals surface area contributed by atoms with Gasteiger partial charge in [-0.1, -0.05) is 19.3 Å². The molecule has 1 heterocycles. The summed E-state index contributed by atoms with van der Waals surface area (Å²) < 4.78 is 27.4. The Bertz CT molecular complexity index is 369. The predicted molar refractivity (Wildman–Crippen MR) is 78.7 cm³/mol. The van der Waals surface area contributed by atoms with Gasteiger partial charge in [-0.3, -0.25) is 0 Å². The number of nitrogens with zero attached hydrogens (tertiary/aromatic N) is 1. The highest BCUT2D eigenvalue weighted by Crippen LogP contribution is 2.27. The van der Waals surface area contributed by atoms with Crippen molar-refractivity contribution in [3.8, 4) is 0 Å². The Kier molecular flexibility index (Phi) is 5.26. The summed E-state index contributed by atoms with van der Waals surface area (Å²) in [5, 5.41) is 3.28. The molecule has 2 rings (SSSR count). The van der Waals surface area contributed by atoms with Crippen LogP contribution < -0.4 is 5.32 Å². The molecule has 0 radical (unpaired) electrons. The molecule has 2 aliphatic rings. The summed E-state index contributed by atoms with van der Waals surface area (Å²) in [6, 6.07) is 0.412. The molecule has 1 saturated carbocycles. The number of sulfonamides is 1. The fraction of sp³-hybridized carbons (Fsp3) is 1.00. The Balaban J connectivity index is 2.07. The minimum Gasteiger partial charge on any atom is -0.313 e. The van der Waals surface area contributed by atoms with Gasteiger partial charge >= 0.3 is 0 Å². The Morgan fingerprint density at radius 3 is 2.32 bits per heavy atom. The van der Waals surface area contributed by atoms with Crippen LogP contribution in [0, 0.1) is 0 Å². The van der Waals surface area contributed by atoms with Gasteiger partial charge in [0.2, 0.25) is 10.0 Å². The summed E-state index contributed by atoms with van der Waals surface area (Å²) in [6.07, 6.45) is 7.30. The second kappa shape index (κ2) is 6.55. The van der Waals surface area contributed by atoms with Crippen molar-refractivity contribution in [1.29, 1.82) is 0 Å². The predicted octanol–water partition coefficient (Wildman–Crippen LogP) is 2.11. The van der Waals surface area contributed by atoms with Crippen molar-refractivity contribution in [1.82, 2.24) is 9.62 Å². The van der Waals surface area contributed by atoms with E-state index in [1.807, 2.05) is 13.8 Å². The molecule has 0 aromatic carbocycles. The lowest BCUT2D eigenvalue weighted by molar-refractivity contribution is 0.312. The molecule has 1 saturated heterocycles. The van der Waals surface area contributed by atoms with Gasteiger partial charge in [0.05, 0.1) is 5.25 Å². The third-order valence-corrected chi connectivity index (χ3v) is 6.98. The maximum atomic E-state index is 12.8. The highest BCUT2D eigenvalue weighted by Gasteiger charge is 2.35. The standard InChI is InChI=1S/C14H28N2O2S/c1-12(2)16(11-13-7-6-10-15-13)19(17,18)14-8-4-3-5-9-14/h12-15H,3-11H2,1-2H3. The summed E-state index contributed by atoms with van der Waals surface area (Å²) in [5.41, 5.74) is 0. The zero-order valence-corrected chi connectivity index (χ0v) is 13.1. The first-order valence-corrected chi connectivity index (χ1v) is 9.26. The average Bonchev–Trinajstić information content (AvgIpc) is 2.89. The van der Waals surface area contributed by atoms with E-state index in [4.69, 9.17) is 0 Å². The summed E-state index contributed by atoms with van der Waals surface area (Å²) in [6.45, 7) is 5.67. The third-order valence-electron chi connectivity index (χ3n) is 4.44. The molecule has 1 atom stereocenters. The third kappa shape index (κ3) is 3.70. The van der Waals surface area contributed by atoms with Gasteiger partial charge in [0, 0.05) is 18.6 Å². The van der Waals surface area contributed by atoms with Crippen LogP contribution in [0.1, 0.15) is 58.8 Å². The zero-order chi connectivity index (χ0) is 13.9. The molecule has 2 fully saturated rings. The fourth-order valence-electron chi connectivity index (χ4n) is 3.29. The molecule has 1 aliphatic carbocycles. The molecule has 4 nitrogen and oxygen atoms in total. The Labute approximate surface area is 118 Å². The average molecular weight is 288 g/mol. The van der Waals surface area contributed by atoms with Crippen molar-refractivity contribution < 1.29 is 8.42 Å². The molecule has 0 aromatic rings. The molecule has 0 aromatic heterocycles. The van der Waals surface area contributed by atoms with Gasteiger partial charge in [-0.05, 0) is 46.1 Å². The molecule has 1 N–H and O–H groups in total. The second-order valence-corrected chi connectivity index (χ2v) is 8.43. The van der Waals surface area contributed by atoms with Crippen molar-refractivity contribution in [2.75, 3.05) is 13.1 Å². The maximum Gasteiger partial charge on any atom is 0.217 e. The summed E-state index contributed by atoms with van der Waals surface area (Å²) in [7, 11) is -3.12. The van der Waals surface area contributed by atoms with E-state index in [9.17, 15) is 8.42 Å². The molecule has 0 spiro atoms. The Morgan fingerprint density at radius 1 is 1.11 bits per heavy atom. The minimum atomic E-state index is -3.12. The Morgan fingerprint density at radius 2 is 1.79 bits per heavy atom. The first kappa shape index (κ1) is 15.3. The van der Waals surface area contributed by atoms with Gasteiger partial charge in [0.25, 0.3) is 0 Å². The SMILES string of the molecule is CC(C)N(CC1CCCN1)S(=O)(=O)C1CCCCC1. The van der Waals surface area contributed by atoms with Crippen molar-refractivity contribution in [3.63, 3.8) is 0 Å². The van der Waals surface area contributed by atoms with Crippen LogP contribution >= 0.6 is 0 Å². The van der Waals surface area contributed by atoms with E-state index in [0.29, 0.717) is 12.6 Å². The second-order valence-electron chi connectivity index (χ2n) is 6.26. The lowest BCUT2D eigenvalue weighted by Crippen LogP contribution is -2.48. The molecular weight excluding hydrogens is 260 g/mol. The minimum absolute atomic E-state index is 0.0642. The van der Waals surface area contributed by atoms with Gasteiger partial charge in [0.15, 0.2) is 0 Å². The van der Waals surface area contributed by atoms with Crippen LogP contribution in [0.2, 0.25) is 0 Å². The maximum absolute atomic E-state index is 12.8. The fourth-order valence-corrected chi connectivity index (χ4v) is 5.58. The van der Waals surface area contributed by atoms with E-state index < -0.39 is 10.0 Å². The molecule has 5 heteroatoms. The summed E-state index contributed by atoms with van der Waals surface area (Å²) in [5.74, 6) is 0. The lowest BCUT2D eigenvalue weighted by atomic mass is 10.0. The smallest absolute Gasteiger partial charge is 0.217 e. The molecule has 0 amide bonds. The van der Waals surface area contributed by atoms with Crippen molar-refractivity contribution >= 4 is 10.0 Å². The van der Waals surface area contributed by atoms with E-state index in [-0.39, 0.29) is 11.3 Å². The molecule has 0 bridgehead atoms. The first-order chi connectivity index (χ1) is 9.01. The molecule has 1 aliphatic heterocycles. The summed E-state index contributed by atoms with van der Waals surface area (Å²) in [4.78, 5) is 0. The monoisotopic (exact) mass is 288 g/mol. The quantitative estimate of drug-likeness (QED) is 0.843. The largest absolute Gasteiger partial charge is 0.313 e. The van der Waals surface area contributed by atoms with Gasteiger partial charge < -0.3 is 5.32 Å². The van der Waals surface area contributed by atoms with Crippen LogP contribution in [0.25, 0.3) is 0 Å². The van der Waals surface area contributed by atoms with E-state index in [2.05, 4.69) is 5.32 Å². The van der Waals surface area contributed by atoms with Crippen LogP contribution in [0.4, 0.5) is 0 Å². The lowest BCUT2D eigenvalue weighted by Gasteiger charge is -2.33. The van der Waals surface area contributed by atoms with Gasteiger partial charge in [-0.15, -0.1) is 0 Å². The highest BCUT2D eigenvalue weighted by atomic mass is 32.2. The number of hydrogen-bond donors (Lipinski definition) is 1. The Hall–Kier alpha value is -0.130. The van der Waals surface area contributed by atoms with Crippen LogP contribution in [-0.4, -0.2) is 43.1 Å². The summed E-state index contributed by atoms with van der Waals surface area (Å²) >= 11 is 0. The van der Waals surface area contributed by atoms with Crippen LogP contribution in [0.3, 0.4) is 0 Å². The van der Waals surface area contributed by atoms with Crippen LogP contribution in [0.5, 0.6) is 0 Å². The zero-order valence-electron chi connectivity index (χ0n) is 12.3. The van der Waals surface area contributed by atoms with E-state index in [1.165, 1.54) is 12.8 Å². The van der Waals surface area contributed by atoms with E-state index >= 15 is 0 Å². The number of hydrogen-bond acceptors (Lipinski definition) is 3. The van der Waals surface area contributed by atoms with Crippen molar-refractivity contribution in [2.24, 2.45) is 0 Å². The number of rotatable bonds is 5. The van der Waals surface area contributed by atoms with E-state index in [0.717, 1.165) is 38.6 Å². The first-order valence-electron chi connectivity index (χ1n) is 7.76. The van der Waals surface area contributed by atoms with Crippen molar-refractivity contribution in [2.45, 2.75) is 76.1 Å². The van der Waals surface area contributed by atoms with E-state index in [1.54, 1.807) is 4.31 Å². The normalized spacial score (nSPS) is 26.4.